The number of halogens is 1. The molecule has 0 aliphatic rings. The minimum absolute atomic E-state index is 0.110. The molecule has 0 aliphatic heterocycles. The van der Waals surface area contributed by atoms with Crippen LogP contribution in [-0.4, -0.2) is 21.4 Å². The standard InChI is InChI=1S/C14H15ClN2O3S2/c1-9(10-3-5-11(15)6-4-10)17-14(18)12-7-8-13(21-12)22(19,20)16-2/h3-9,16H,1-2H3,(H,17,18)/t9-/m1/s1. The van der Waals surface area contributed by atoms with Crippen molar-refractivity contribution in [2.24, 2.45) is 0 Å². The summed E-state index contributed by atoms with van der Waals surface area (Å²) in [5, 5.41) is 3.46. The second-order valence-electron chi connectivity index (χ2n) is 4.57. The van der Waals surface area contributed by atoms with Crippen LogP contribution in [0.5, 0.6) is 0 Å². The van der Waals surface area contributed by atoms with Gasteiger partial charge in [0.2, 0.25) is 10.0 Å². The normalized spacial score (nSPS) is 12.9. The maximum atomic E-state index is 12.2. The summed E-state index contributed by atoms with van der Waals surface area (Å²) >= 11 is 6.76. The smallest absolute Gasteiger partial charge is 0.261 e. The molecule has 1 aromatic carbocycles. The third kappa shape index (κ3) is 3.86. The fourth-order valence-corrected chi connectivity index (χ4v) is 3.96. The highest BCUT2D eigenvalue weighted by Gasteiger charge is 2.18. The Labute approximate surface area is 138 Å². The first kappa shape index (κ1) is 17.0. The van der Waals surface area contributed by atoms with E-state index in [1.54, 1.807) is 12.1 Å². The number of carbonyl (C=O) groups is 1. The number of benzene rings is 1. The van der Waals surface area contributed by atoms with Crippen molar-refractivity contribution >= 4 is 38.9 Å². The van der Waals surface area contributed by atoms with Crippen LogP contribution in [0.3, 0.4) is 0 Å². The van der Waals surface area contributed by atoms with Gasteiger partial charge in [-0.3, -0.25) is 4.79 Å². The number of amides is 1. The number of rotatable bonds is 5. The molecule has 22 heavy (non-hydrogen) atoms. The Morgan fingerprint density at radius 3 is 2.41 bits per heavy atom. The maximum Gasteiger partial charge on any atom is 0.261 e. The lowest BCUT2D eigenvalue weighted by Crippen LogP contribution is -2.25. The lowest BCUT2D eigenvalue weighted by Gasteiger charge is -2.13. The molecule has 0 fully saturated rings. The van der Waals surface area contributed by atoms with Gasteiger partial charge < -0.3 is 5.32 Å². The molecule has 1 aromatic heterocycles. The van der Waals surface area contributed by atoms with E-state index in [4.69, 9.17) is 11.6 Å². The molecule has 8 heteroatoms. The molecule has 0 aliphatic carbocycles. The highest BCUT2D eigenvalue weighted by molar-refractivity contribution is 7.91. The van der Waals surface area contributed by atoms with Gasteiger partial charge in [0.1, 0.15) is 4.21 Å². The van der Waals surface area contributed by atoms with Crippen LogP contribution in [0.15, 0.2) is 40.6 Å². The van der Waals surface area contributed by atoms with Crippen LogP contribution in [-0.2, 0) is 10.0 Å². The van der Waals surface area contributed by atoms with E-state index in [9.17, 15) is 13.2 Å². The van der Waals surface area contributed by atoms with Crippen molar-refractivity contribution < 1.29 is 13.2 Å². The maximum absolute atomic E-state index is 12.2. The van der Waals surface area contributed by atoms with Crippen LogP contribution in [0.25, 0.3) is 0 Å². The first-order valence-corrected chi connectivity index (χ1v) is 9.11. The molecular formula is C14H15ClN2O3S2. The molecule has 2 rings (SSSR count). The molecule has 0 saturated heterocycles. The second-order valence-corrected chi connectivity index (χ2v) is 8.21. The van der Waals surface area contributed by atoms with Gasteiger partial charge in [0.05, 0.1) is 10.9 Å². The number of nitrogens with one attached hydrogen (secondary N) is 2. The number of sulfonamides is 1. The average molecular weight is 359 g/mol. The number of hydrogen-bond acceptors (Lipinski definition) is 4. The van der Waals surface area contributed by atoms with E-state index in [0.29, 0.717) is 9.90 Å². The van der Waals surface area contributed by atoms with Crippen molar-refractivity contribution in [2.45, 2.75) is 17.2 Å². The van der Waals surface area contributed by atoms with E-state index in [-0.39, 0.29) is 16.2 Å². The summed E-state index contributed by atoms with van der Waals surface area (Å²) in [4.78, 5) is 12.5. The Balaban J connectivity index is 2.11. The minimum Gasteiger partial charge on any atom is -0.345 e. The van der Waals surface area contributed by atoms with E-state index in [0.717, 1.165) is 16.9 Å². The van der Waals surface area contributed by atoms with Crippen LogP contribution < -0.4 is 10.0 Å². The summed E-state index contributed by atoms with van der Waals surface area (Å²) in [6.07, 6.45) is 0. The van der Waals surface area contributed by atoms with Crippen molar-refractivity contribution in [1.82, 2.24) is 10.0 Å². The summed E-state index contributed by atoms with van der Waals surface area (Å²) in [5.74, 6) is -0.315. The Morgan fingerprint density at radius 2 is 1.82 bits per heavy atom. The Hall–Kier alpha value is -1.41. The van der Waals surface area contributed by atoms with Crippen LogP contribution >= 0.6 is 22.9 Å². The number of carbonyl (C=O) groups excluding carboxylic acids is 1. The minimum atomic E-state index is -3.52. The quantitative estimate of drug-likeness (QED) is 0.863. The molecule has 0 radical (unpaired) electrons. The lowest BCUT2D eigenvalue weighted by atomic mass is 10.1. The monoisotopic (exact) mass is 358 g/mol. The molecule has 1 heterocycles. The summed E-state index contributed by atoms with van der Waals surface area (Å²) in [6.45, 7) is 1.85. The summed E-state index contributed by atoms with van der Waals surface area (Å²) < 4.78 is 25.7. The Kier molecular flexibility index (Phi) is 5.23. The van der Waals surface area contributed by atoms with Gasteiger partial charge >= 0.3 is 0 Å². The predicted octanol–water partition coefficient (Wildman–Crippen LogP) is 2.80. The first-order chi connectivity index (χ1) is 10.3. The molecule has 5 nitrogen and oxygen atoms in total. The van der Waals surface area contributed by atoms with Crippen molar-refractivity contribution in [2.75, 3.05) is 7.05 Å². The van der Waals surface area contributed by atoms with Crippen molar-refractivity contribution in [3.63, 3.8) is 0 Å². The van der Waals surface area contributed by atoms with Gasteiger partial charge in [0.15, 0.2) is 0 Å². The zero-order valence-electron chi connectivity index (χ0n) is 12.0. The first-order valence-electron chi connectivity index (χ1n) is 6.43. The molecule has 0 spiro atoms. The SMILES string of the molecule is CNS(=O)(=O)c1ccc(C(=O)N[C@H](C)c2ccc(Cl)cc2)s1. The largest absolute Gasteiger partial charge is 0.345 e. The van der Waals surface area contributed by atoms with Crippen LogP contribution in [0, 0.1) is 0 Å². The van der Waals surface area contributed by atoms with Gasteiger partial charge in [-0.15, -0.1) is 11.3 Å². The molecule has 1 amide bonds. The molecule has 2 aromatic rings. The van der Waals surface area contributed by atoms with Gasteiger partial charge in [-0.1, -0.05) is 23.7 Å². The number of hydrogen-bond donors (Lipinski definition) is 2. The summed E-state index contributed by atoms with van der Waals surface area (Å²) in [6, 6.07) is 9.87. The zero-order chi connectivity index (χ0) is 16.3. The molecule has 1 atom stereocenters. The highest BCUT2D eigenvalue weighted by atomic mass is 35.5. The fraction of sp³-hybridized carbons (Fsp3) is 0.214. The molecule has 0 saturated carbocycles. The Morgan fingerprint density at radius 1 is 1.18 bits per heavy atom. The van der Waals surface area contributed by atoms with Gasteiger partial charge in [0.25, 0.3) is 5.91 Å². The van der Waals surface area contributed by atoms with Crippen LogP contribution in [0.4, 0.5) is 0 Å². The molecule has 118 valence electrons. The number of thiophene rings is 1. The second kappa shape index (κ2) is 6.78. The van der Waals surface area contributed by atoms with E-state index in [1.807, 2.05) is 19.1 Å². The molecule has 0 bridgehead atoms. The van der Waals surface area contributed by atoms with Crippen molar-refractivity contribution in [3.8, 4) is 0 Å². The van der Waals surface area contributed by atoms with E-state index in [2.05, 4.69) is 10.0 Å². The summed E-state index contributed by atoms with van der Waals surface area (Å²) in [7, 11) is -2.19. The molecule has 0 unspecified atom stereocenters. The van der Waals surface area contributed by atoms with Crippen molar-refractivity contribution in [1.29, 1.82) is 0 Å². The van der Waals surface area contributed by atoms with Gasteiger partial charge in [-0.05, 0) is 43.8 Å². The molecular weight excluding hydrogens is 344 g/mol. The van der Waals surface area contributed by atoms with Gasteiger partial charge in [-0.25, -0.2) is 13.1 Å². The van der Waals surface area contributed by atoms with E-state index < -0.39 is 10.0 Å². The van der Waals surface area contributed by atoms with Crippen LogP contribution in [0.2, 0.25) is 5.02 Å². The van der Waals surface area contributed by atoms with E-state index >= 15 is 0 Å². The topological polar surface area (TPSA) is 75.3 Å². The van der Waals surface area contributed by atoms with Gasteiger partial charge in [-0.2, -0.15) is 0 Å². The third-order valence-corrected chi connectivity index (χ3v) is 6.30. The summed E-state index contributed by atoms with van der Waals surface area (Å²) in [5.41, 5.74) is 0.914. The highest BCUT2D eigenvalue weighted by Crippen LogP contribution is 2.22. The van der Waals surface area contributed by atoms with E-state index in [1.165, 1.54) is 19.2 Å². The predicted molar refractivity (Wildman–Crippen MR) is 87.9 cm³/mol. The Bertz CT molecular complexity index is 770. The van der Waals surface area contributed by atoms with Crippen LogP contribution in [0.1, 0.15) is 28.2 Å². The van der Waals surface area contributed by atoms with Crippen molar-refractivity contribution in [3.05, 3.63) is 51.9 Å². The molecule has 2 N–H and O–H groups in total. The zero-order valence-corrected chi connectivity index (χ0v) is 14.3. The van der Waals surface area contributed by atoms with Gasteiger partial charge in [0, 0.05) is 5.02 Å². The average Bonchev–Trinajstić information content (AvgIpc) is 2.98. The third-order valence-electron chi connectivity index (χ3n) is 3.06. The fourth-order valence-electron chi connectivity index (χ4n) is 1.79. The lowest BCUT2D eigenvalue weighted by molar-refractivity contribution is 0.0944.